The van der Waals surface area contributed by atoms with E-state index in [-0.39, 0.29) is 76.6 Å². The number of rotatable bonds is 4. The molecule has 10 rings (SSSR count). The van der Waals surface area contributed by atoms with Crippen LogP contribution in [0.5, 0.6) is 17.4 Å². The van der Waals surface area contributed by atoms with Crippen LogP contribution in [0, 0.1) is 21.3 Å². The van der Waals surface area contributed by atoms with Crippen molar-refractivity contribution in [3.63, 3.8) is 0 Å². The van der Waals surface area contributed by atoms with Crippen LogP contribution in [0.4, 0.5) is 9.59 Å². The van der Waals surface area contributed by atoms with Crippen molar-refractivity contribution in [1.82, 2.24) is 48.8 Å². The summed E-state index contributed by atoms with van der Waals surface area (Å²) in [6.07, 6.45) is 17.9. The molecule has 4 bridgehead atoms. The first-order valence-corrected chi connectivity index (χ1v) is 22.8. The predicted molar refractivity (Wildman–Crippen MR) is 252 cm³/mol. The number of carbonyl (C=O) groups excluding carboxylic acids is 2. The van der Waals surface area contributed by atoms with Crippen LogP contribution in [-0.4, -0.2) is 102 Å². The van der Waals surface area contributed by atoms with Crippen LogP contribution >= 0.6 is 11.6 Å². The van der Waals surface area contributed by atoms with Gasteiger partial charge in [0.05, 0.1) is 22.2 Å². The quantitative estimate of drug-likeness (QED) is 0.131. The first kappa shape index (κ1) is 51.1. The van der Waals surface area contributed by atoms with Gasteiger partial charge < -0.3 is 45.7 Å². The van der Waals surface area contributed by atoms with Gasteiger partial charge in [-0.05, 0) is 143 Å². The molecule has 0 radical (unpaired) electrons. The molecule has 4 saturated heterocycles. The van der Waals surface area contributed by atoms with Crippen LogP contribution in [0.15, 0.2) is 73.8 Å². The smallest absolute Gasteiger partial charge is 0.410 e. The van der Waals surface area contributed by atoms with Gasteiger partial charge in [-0.2, -0.15) is 0 Å². The molecule has 18 heteroatoms. The largest absolute Gasteiger partial charge is 0.506 e. The van der Waals surface area contributed by atoms with Gasteiger partial charge >= 0.3 is 12.2 Å². The number of nitrogens with zero attached hydrogens (tertiary/aromatic N) is 10. The number of ether oxygens (including phenoxy) is 3. The van der Waals surface area contributed by atoms with E-state index in [1.165, 1.54) is 6.33 Å². The van der Waals surface area contributed by atoms with Gasteiger partial charge in [0.1, 0.15) is 46.1 Å². The second kappa shape index (κ2) is 20.9. The maximum Gasteiger partial charge on any atom is 0.410 e. The first-order chi connectivity index (χ1) is 30.9. The number of amides is 2. The number of aryl methyl sites for hydroxylation is 2. The maximum absolute atomic E-state index is 12.8. The van der Waals surface area contributed by atoms with E-state index in [1.807, 2.05) is 88.7 Å². The maximum atomic E-state index is 12.8. The Labute approximate surface area is 412 Å². The number of pyridine rings is 2. The van der Waals surface area contributed by atoms with E-state index in [0.717, 1.165) is 79.1 Å². The van der Waals surface area contributed by atoms with Crippen molar-refractivity contribution >= 4 is 45.9 Å². The van der Waals surface area contributed by atoms with Crippen molar-refractivity contribution in [2.45, 2.75) is 154 Å². The van der Waals surface area contributed by atoms with Crippen molar-refractivity contribution in [1.29, 1.82) is 0 Å². The molecule has 6 aromatic heterocycles. The van der Waals surface area contributed by atoms with Gasteiger partial charge in [-0.1, -0.05) is 11.6 Å². The minimum absolute atomic E-state index is 0. The Hall–Kier alpha value is -5.34. The minimum Gasteiger partial charge on any atom is -0.506 e. The van der Waals surface area contributed by atoms with Crippen LogP contribution in [0.25, 0.3) is 22.1 Å². The fourth-order valence-corrected chi connectivity index (χ4v) is 9.88. The first-order valence-electron chi connectivity index (χ1n) is 22.5. The average molecular weight is 1110 g/mol. The fourth-order valence-electron chi connectivity index (χ4n) is 9.69. The van der Waals surface area contributed by atoms with Crippen molar-refractivity contribution in [3.8, 4) is 17.4 Å². The molecule has 0 spiro atoms. The molecule has 6 aromatic rings. The summed E-state index contributed by atoms with van der Waals surface area (Å²) in [6, 6.07) is 12.5. The summed E-state index contributed by atoms with van der Waals surface area (Å²) >= 11 is 6.17. The molecule has 4 unspecified atom stereocenters. The summed E-state index contributed by atoms with van der Waals surface area (Å²) in [5, 5.41) is 11.1. The number of fused-ring (bicyclic) bond motifs is 6. The zero-order valence-corrected chi connectivity index (χ0v) is 43.5. The Kier molecular flexibility index (Phi) is 15.9. The zero-order chi connectivity index (χ0) is 46.2. The van der Waals surface area contributed by atoms with E-state index in [9.17, 15) is 9.59 Å². The summed E-state index contributed by atoms with van der Waals surface area (Å²) < 4.78 is 21.8. The number of hydrogen-bond donors (Lipinski definition) is 1. The molecule has 16 nitrogen and oxygen atoms in total. The molecule has 2 amide bonds. The van der Waals surface area contributed by atoms with Crippen LogP contribution in [0.3, 0.4) is 0 Å². The Morgan fingerprint density at radius 3 is 1.52 bits per heavy atom. The Morgan fingerprint density at radius 2 is 1.07 bits per heavy atom. The summed E-state index contributed by atoms with van der Waals surface area (Å²) in [6.45, 7) is 15.1. The molecule has 67 heavy (non-hydrogen) atoms. The second-order valence-electron chi connectivity index (χ2n) is 19.4. The molecule has 4 aliphatic rings. The van der Waals surface area contributed by atoms with E-state index in [0.29, 0.717) is 28.5 Å². The number of aromatic nitrogens is 8. The van der Waals surface area contributed by atoms with Crippen molar-refractivity contribution in [2.75, 3.05) is 0 Å². The molecule has 0 aliphatic carbocycles. The molecule has 358 valence electrons. The van der Waals surface area contributed by atoms with Crippen LogP contribution in [0.2, 0.25) is 5.15 Å². The van der Waals surface area contributed by atoms with Gasteiger partial charge in [0.15, 0.2) is 5.75 Å². The second-order valence-corrected chi connectivity index (χ2v) is 19.7. The van der Waals surface area contributed by atoms with E-state index < -0.39 is 11.2 Å². The van der Waals surface area contributed by atoms with Gasteiger partial charge in [0, 0.05) is 82.1 Å². The molecular weight excluding hydrogens is 1040 g/mol. The number of carbonyl (C=O) groups is 2. The summed E-state index contributed by atoms with van der Waals surface area (Å²) in [7, 11) is 0. The fraction of sp³-hybridized carbons (Fsp3) is 0.490. The van der Waals surface area contributed by atoms with E-state index in [1.54, 1.807) is 37.8 Å². The van der Waals surface area contributed by atoms with Gasteiger partial charge in [-0.3, -0.25) is 9.97 Å². The molecule has 0 saturated carbocycles. The third-order valence-electron chi connectivity index (χ3n) is 12.5. The molecule has 4 aliphatic heterocycles. The summed E-state index contributed by atoms with van der Waals surface area (Å²) in [5.41, 5.74) is 2.26. The van der Waals surface area contributed by atoms with E-state index in [2.05, 4.69) is 45.2 Å². The molecule has 0 aromatic carbocycles. The van der Waals surface area contributed by atoms with Gasteiger partial charge in [-0.25, -0.2) is 29.5 Å². The Morgan fingerprint density at radius 1 is 0.627 bits per heavy atom. The molecule has 4 atom stereocenters. The number of aromatic hydroxyl groups is 1. The van der Waals surface area contributed by atoms with Gasteiger partial charge in [-0.15, -0.1) is 0 Å². The van der Waals surface area contributed by atoms with Crippen molar-refractivity contribution in [3.05, 3.63) is 97.8 Å². The normalized spacial score (nSPS) is 21.8. The monoisotopic (exact) mass is 1110 g/mol. The number of hydrogen-bond acceptors (Lipinski definition) is 12. The van der Waals surface area contributed by atoms with Crippen molar-refractivity contribution in [2.24, 2.45) is 0 Å². The van der Waals surface area contributed by atoms with E-state index in [4.69, 9.17) is 30.9 Å². The average Bonchev–Trinajstić information content (AvgIpc) is 4.01. The topological polar surface area (TPSA) is 176 Å². The number of halogens is 1. The zero-order valence-electron chi connectivity index (χ0n) is 39.8. The predicted octanol–water partition coefficient (Wildman–Crippen LogP) is 10.8. The van der Waals surface area contributed by atoms with Crippen molar-refractivity contribution < 1.29 is 50.0 Å². The summed E-state index contributed by atoms with van der Waals surface area (Å²) in [4.78, 5) is 54.8. The molecule has 1 N–H and O–H groups in total. The molecular formula is C49H62ClN10O6W-. The minimum atomic E-state index is -0.482. The Balaban J connectivity index is 0.000000188. The SMILES string of the molecule is CC(C)(C)OC(=O)N1C2CCC1CC(n1ccc3c(Cl)ncnc31)C2.Cc1ncccc1O.Cc1ncccc1Oc1ncnc2c1ccn2C1CC2CCC(C1)N2C(=O)OC(C)(C)C.[CH3-].[W]. The van der Waals surface area contributed by atoms with E-state index >= 15 is 0 Å². The standard InChI is InChI=1S/C24H29N5O3.C18H23ClN4O2.C6H7NO.CH3.W/c1-15-20(6-5-10-25-15)31-22-19-9-11-28(21(19)26-14-27-22)18-12-16-7-8-17(13-18)29(16)23(30)32-24(2,3)4;1-18(2,3)25-17(24)23-11-4-5-12(23)9-13(8-11)22-7-6-14-15(19)20-10-21-16(14)22;1-5-6(8)3-2-4-7-5;;/h5-6,9-11,14,16-18H,7-8,12-13H2,1-4H3;6-7,10-13H,4-5,8-9H2,1-3H3;2-4,8H,1H3;1H3;/q;;;-1;. The third kappa shape index (κ3) is 11.5. The molecule has 10 heterocycles. The summed E-state index contributed by atoms with van der Waals surface area (Å²) in [5.74, 6) is 1.47. The Bertz CT molecular complexity index is 2620. The van der Waals surface area contributed by atoms with Crippen LogP contribution in [0.1, 0.15) is 116 Å². The molecule has 4 fully saturated rings. The third-order valence-corrected chi connectivity index (χ3v) is 12.8. The number of piperidine rings is 2. The van der Waals surface area contributed by atoms with Crippen LogP contribution < -0.4 is 4.74 Å². The van der Waals surface area contributed by atoms with Gasteiger partial charge in [0.2, 0.25) is 5.88 Å². The van der Waals surface area contributed by atoms with Crippen LogP contribution in [-0.2, 0) is 30.5 Å². The van der Waals surface area contributed by atoms with Gasteiger partial charge in [0.25, 0.3) is 0 Å².